The second kappa shape index (κ2) is 5.17. The topological polar surface area (TPSA) is 80.4 Å². The van der Waals surface area contributed by atoms with Crippen LogP contribution in [0.3, 0.4) is 0 Å². The summed E-state index contributed by atoms with van der Waals surface area (Å²) in [7, 11) is 0. The number of hydrogen-bond donors (Lipinski definition) is 1. The third-order valence-electron chi connectivity index (χ3n) is 2.96. The first-order valence-electron chi connectivity index (χ1n) is 6.24. The van der Waals surface area contributed by atoms with Crippen LogP contribution in [0.1, 0.15) is 21.6 Å². The number of pyridine rings is 1. The summed E-state index contributed by atoms with van der Waals surface area (Å²) in [6.07, 6.45) is 3.45. The van der Waals surface area contributed by atoms with Gasteiger partial charge in [0.2, 0.25) is 0 Å². The van der Waals surface area contributed by atoms with Gasteiger partial charge in [-0.1, -0.05) is 0 Å². The predicted molar refractivity (Wildman–Crippen MR) is 77.8 cm³/mol. The fraction of sp³-hybridized carbons (Fsp3) is 0.143. The number of aromatic nitrogens is 4. The average Bonchev–Trinajstić information content (AvgIpc) is 2.84. The van der Waals surface area contributed by atoms with Gasteiger partial charge in [0, 0.05) is 18.0 Å². The number of rotatable bonds is 3. The molecule has 7 heteroatoms. The molecule has 106 valence electrons. The molecule has 0 aromatic carbocycles. The summed E-state index contributed by atoms with van der Waals surface area (Å²) in [6.45, 7) is 3.62. The molecular formula is C14H12N4O2S. The highest BCUT2D eigenvalue weighted by molar-refractivity contribution is 7.99. The molecule has 0 amide bonds. The van der Waals surface area contributed by atoms with Crippen molar-refractivity contribution in [2.75, 3.05) is 0 Å². The molecular weight excluding hydrogens is 288 g/mol. The molecule has 6 nitrogen and oxygen atoms in total. The van der Waals surface area contributed by atoms with Gasteiger partial charge in [-0.2, -0.15) is 5.10 Å². The lowest BCUT2D eigenvalue weighted by Crippen LogP contribution is -2.05. The zero-order valence-electron chi connectivity index (χ0n) is 11.4. The number of aryl methyl sites for hydroxylation is 2. The van der Waals surface area contributed by atoms with Gasteiger partial charge in [0.05, 0.1) is 11.8 Å². The molecule has 3 aromatic rings. The van der Waals surface area contributed by atoms with E-state index in [1.807, 2.05) is 6.92 Å². The molecule has 0 saturated carbocycles. The number of carboxylic acids is 1. The molecule has 0 radical (unpaired) electrons. The highest BCUT2D eigenvalue weighted by Gasteiger charge is 2.17. The first-order valence-corrected chi connectivity index (χ1v) is 7.06. The number of nitrogens with zero attached hydrogens (tertiary/aromatic N) is 4. The van der Waals surface area contributed by atoms with Gasteiger partial charge < -0.3 is 5.11 Å². The van der Waals surface area contributed by atoms with Gasteiger partial charge in [0.15, 0.2) is 5.65 Å². The lowest BCUT2D eigenvalue weighted by Gasteiger charge is -2.09. The van der Waals surface area contributed by atoms with Crippen molar-refractivity contribution in [1.82, 2.24) is 19.6 Å². The smallest absolute Gasteiger partial charge is 0.338 e. The Morgan fingerprint density at radius 2 is 2.10 bits per heavy atom. The van der Waals surface area contributed by atoms with E-state index < -0.39 is 5.97 Å². The normalized spacial score (nSPS) is 11.0. The lowest BCUT2D eigenvalue weighted by molar-refractivity contribution is 0.0691. The van der Waals surface area contributed by atoms with E-state index in [2.05, 4.69) is 15.1 Å². The van der Waals surface area contributed by atoms with Gasteiger partial charge in [-0.15, -0.1) is 0 Å². The molecule has 0 bridgehead atoms. The summed E-state index contributed by atoms with van der Waals surface area (Å²) < 4.78 is 1.65. The van der Waals surface area contributed by atoms with Gasteiger partial charge in [0.1, 0.15) is 10.1 Å². The number of hydrogen-bond acceptors (Lipinski definition) is 5. The monoisotopic (exact) mass is 300 g/mol. The second-order valence-corrected chi connectivity index (χ2v) is 5.58. The molecule has 0 saturated heterocycles. The fourth-order valence-electron chi connectivity index (χ4n) is 2.09. The molecule has 1 N–H and O–H groups in total. The van der Waals surface area contributed by atoms with E-state index in [0.29, 0.717) is 21.3 Å². The standard InChI is InChI=1S/C14H12N4O2S/c1-8-7-9(2)16-13(12(8)14(19)20)21-11-4-6-18-10(17-11)3-5-15-18/h3-7H,1-2H3,(H,19,20). The summed E-state index contributed by atoms with van der Waals surface area (Å²) in [5, 5.41) is 14.6. The van der Waals surface area contributed by atoms with Crippen molar-refractivity contribution in [2.45, 2.75) is 23.9 Å². The van der Waals surface area contributed by atoms with Crippen LogP contribution in [0.2, 0.25) is 0 Å². The summed E-state index contributed by atoms with van der Waals surface area (Å²) in [6, 6.07) is 5.34. The Morgan fingerprint density at radius 3 is 2.86 bits per heavy atom. The van der Waals surface area contributed by atoms with Crippen molar-refractivity contribution in [2.24, 2.45) is 0 Å². The maximum Gasteiger partial charge on any atom is 0.338 e. The molecule has 0 aliphatic heterocycles. The predicted octanol–water partition coefficient (Wildman–Crippen LogP) is 2.59. The highest BCUT2D eigenvalue weighted by atomic mass is 32.2. The third kappa shape index (κ3) is 2.59. The van der Waals surface area contributed by atoms with Crippen LogP contribution >= 0.6 is 11.8 Å². The van der Waals surface area contributed by atoms with Gasteiger partial charge in [-0.25, -0.2) is 19.3 Å². The van der Waals surface area contributed by atoms with Gasteiger partial charge in [-0.05, 0) is 43.3 Å². The summed E-state index contributed by atoms with van der Waals surface area (Å²) in [5.41, 5.74) is 2.41. The van der Waals surface area contributed by atoms with Crippen molar-refractivity contribution in [3.8, 4) is 0 Å². The van der Waals surface area contributed by atoms with Gasteiger partial charge in [0.25, 0.3) is 0 Å². The quantitative estimate of drug-likeness (QED) is 0.749. The van der Waals surface area contributed by atoms with Crippen molar-refractivity contribution < 1.29 is 9.90 Å². The van der Waals surface area contributed by atoms with Crippen LogP contribution in [0.15, 0.2) is 40.6 Å². The van der Waals surface area contributed by atoms with E-state index in [0.717, 1.165) is 5.69 Å². The average molecular weight is 300 g/mol. The molecule has 0 fully saturated rings. The van der Waals surface area contributed by atoms with E-state index in [-0.39, 0.29) is 5.56 Å². The van der Waals surface area contributed by atoms with Crippen LogP contribution in [0, 0.1) is 13.8 Å². The minimum atomic E-state index is -0.979. The zero-order chi connectivity index (χ0) is 15.0. The third-order valence-corrected chi connectivity index (χ3v) is 3.88. The molecule has 0 aliphatic rings. The van der Waals surface area contributed by atoms with Crippen molar-refractivity contribution in [3.05, 3.63) is 47.4 Å². The van der Waals surface area contributed by atoms with Gasteiger partial charge >= 0.3 is 5.97 Å². The van der Waals surface area contributed by atoms with Crippen LogP contribution < -0.4 is 0 Å². The molecule has 3 rings (SSSR count). The largest absolute Gasteiger partial charge is 0.478 e. The Balaban J connectivity index is 2.06. The van der Waals surface area contributed by atoms with E-state index in [9.17, 15) is 9.90 Å². The number of carbonyl (C=O) groups is 1. The molecule has 3 aromatic heterocycles. The Morgan fingerprint density at radius 1 is 1.29 bits per heavy atom. The van der Waals surface area contributed by atoms with Crippen molar-refractivity contribution >= 4 is 23.4 Å². The summed E-state index contributed by atoms with van der Waals surface area (Å²) in [4.78, 5) is 20.2. The number of aromatic carboxylic acids is 1. The Kier molecular flexibility index (Phi) is 3.34. The summed E-state index contributed by atoms with van der Waals surface area (Å²) in [5.74, 6) is -0.979. The van der Waals surface area contributed by atoms with Crippen LogP contribution in [0.5, 0.6) is 0 Å². The summed E-state index contributed by atoms with van der Waals surface area (Å²) >= 11 is 1.24. The van der Waals surface area contributed by atoms with Crippen molar-refractivity contribution in [1.29, 1.82) is 0 Å². The first kappa shape index (κ1) is 13.6. The SMILES string of the molecule is Cc1cc(C)c(C(=O)O)c(Sc2ccn3nccc3n2)n1. The second-order valence-electron chi connectivity index (χ2n) is 4.57. The minimum Gasteiger partial charge on any atom is -0.478 e. The van der Waals surface area contributed by atoms with E-state index in [4.69, 9.17) is 0 Å². The van der Waals surface area contributed by atoms with Crippen LogP contribution in [0.4, 0.5) is 0 Å². The fourth-order valence-corrected chi connectivity index (χ4v) is 3.09. The number of fused-ring (bicyclic) bond motifs is 1. The molecule has 0 aliphatic carbocycles. The molecule has 3 heterocycles. The van der Waals surface area contributed by atoms with Crippen molar-refractivity contribution in [3.63, 3.8) is 0 Å². The van der Waals surface area contributed by atoms with Crippen LogP contribution in [-0.2, 0) is 0 Å². The molecule has 21 heavy (non-hydrogen) atoms. The first-order chi connectivity index (χ1) is 10.0. The van der Waals surface area contributed by atoms with Crippen LogP contribution in [0.25, 0.3) is 5.65 Å². The Labute approximate surface area is 124 Å². The maximum atomic E-state index is 11.4. The highest BCUT2D eigenvalue weighted by Crippen LogP contribution is 2.29. The Hall–Kier alpha value is -2.41. The maximum absolute atomic E-state index is 11.4. The molecule has 0 unspecified atom stereocenters. The molecule has 0 spiro atoms. The minimum absolute atomic E-state index is 0.223. The van der Waals surface area contributed by atoms with Gasteiger partial charge in [-0.3, -0.25) is 0 Å². The zero-order valence-corrected chi connectivity index (χ0v) is 12.3. The molecule has 0 atom stereocenters. The van der Waals surface area contributed by atoms with Crippen LogP contribution in [-0.4, -0.2) is 30.7 Å². The Bertz CT molecular complexity index is 844. The van der Waals surface area contributed by atoms with E-state index in [1.165, 1.54) is 11.8 Å². The van der Waals surface area contributed by atoms with E-state index in [1.54, 1.807) is 42.0 Å². The number of carboxylic acid groups (broad SMARTS) is 1. The van der Waals surface area contributed by atoms with E-state index >= 15 is 0 Å². The lowest BCUT2D eigenvalue weighted by atomic mass is 10.1.